The molecule has 6 nitrogen and oxygen atoms in total. The van der Waals surface area contributed by atoms with E-state index in [-0.39, 0.29) is 23.8 Å². The Morgan fingerprint density at radius 2 is 1.68 bits per heavy atom. The van der Waals surface area contributed by atoms with Gasteiger partial charge < -0.3 is 15.1 Å². The van der Waals surface area contributed by atoms with Crippen molar-refractivity contribution in [1.29, 1.82) is 0 Å². The van der Waals surface area contributed by atoms with E-state index in [2.05, 4.69) is 5.32 Å². The Labute approximate surface area is 227 Å². The van der Waals surface area contributed by atoms with Gasteiger partial charge in [0.25, 0.3) is 11.8 Å². The molecule has 3 aromatic rings. The monoisotopic (exact) mass is 537 g/mol. The molecule has 0 unspecified atom stereocenters. The molecule has 0 radical (unpaired) electrons. The largest absolute Gasteiger partial charge is 0.340 e. The van der Waals surface area contributed by atoms with E-state index in [9.17, 15) is 14.4 Å². The van der Waals surface area contributed by atoms with Crippen molar-refractivity contribution in [2.45, 2.75) is 32.4 Å². The van der Waals surface area contributed by atoms with Crippen LogP contribution >= 0.6 is 23.2 Å². The zero-order valence-electron chi connectivity index (χ0n) is 20.8. The summed E-state index contributed by atoms with van der Waals surface area (Å²) in [6.07, 6.45) is 0.366. The third-order valence-electron chi connectivity index (χ3n) is 6.56. The number of amides is 3. The van der Waals surface area contributed by atoms with Gasteiger partial charge in [-0.1, -0.05) is 71.2 Å². The van der Waals surface area contributed by atoms with Crippen LogP contribution in [0.25, 0.3) is 0 Å². The summed E-state index contributed by atoms with van der Waals surface area (Å²) in [4.78, 5) is 43.3. The fraction of sp³-hybridized carbons (Fsp3) is 0.276. The Hall–Kier alpha value is -3.35. The molecule has 2 atom stereocenters. The molecule has 4 rings (SSSR count). The van der Waals surface area contributed by atoms with Gasteiger partial charge in [-0.25, -0.2) is 0 Å². The lowest BCUT2D eigenvalue weighted by atomic mass is 10.0. The fourth-order valence-corrected chi connectivity index (χ4v) is 4.98. The van der Waals surface area contributed by atoms with Gasteiger partial charge in [0, 0.05) is 42.7 Å². The second-order valence-electron chi connectivity index (χ2n) is 9.34. The standard InChI is InChI=1S/C29H29Cl2N3O3/c1-19-8-10-22(11-9-19)27(35)32-26(16-21-6-4-3-5-7-21)29(37)33-14-15-34(20(2)18-33)28(36)24-13-12-23(30)17-25(24)31/h3-13,17,20,26H,14-16,18H2,1-2H3,(H,32,35)/t20-,26-/m0/s1. The molecule has 0 aliphatic carbocycles. The highest BCUT2D eigenvalue weighted by atomic mass is 35.5. The average Bonchev–Trinajstić information content (AvgIpc) is 2.88. The van der Waals surface area contributed by atoms with Crippen LogP contribution in [-0.2, 0) is 11.2 Å². The van der Waals surface area contributed by atoms with Crippen LogP contribution in [0.2, 0.25) is 10.0 Å². The average molecular weight is 538 g/mol. The molecule has 1 fully saturated rings. The van der Waals surface area contributed by atoms with Crippen LogP contribution in [0.1, 0.15) is 38.8 Å². The summed E-state index contributed by atoms with van der Waals surface area (Å²) in [6, 6.07) is 20.7. The van der Waals surface area contributed by atoms with Crippen LogP contribution in [-0.4, -0.2) is 59.2 Å². The Morgan fingerprint density at radius 3 is 2.32 bits per heavy atom. The lowest BCUT2D eigenvalue weighted by molar-refractivity contribution is -0.135. The summed E-state index contributed by atoms with van der Waals surface area (Å²) in [6.45, 7) is 4.91. The second kappa shape index (κ2) is 11.8. The maximum atomic E-state index is 13.7. The van der Waals surface area contributed by atoms with Gasteiger partial charge in [-0.05, 0) is 49.7 Å². The zero-order chi connectivity index (χ0) is 26.5. The number of hydrogen-bond donors (Lipinski definition) is 1. The van der Waals surface area contributed by atoms with Crippen molar-refractivity contribution in [2.24, 2.45) is 0 Å². The number of carbonyl (C=O) groups is 3. The van der Waals surface area contributed by atoms with Crippen molar-refractivity contribution in [2.75, 3.05) is 19.6 Å². The van der Waals surface area contributed by atoms with Gasteiger partial charge >= 0.3 is 0 Å². The molecule has 0 aromatic heterocycles. The summed E-state index contributed by atoms with van der Waals surface area (Å²) in [5.74, 6) is -0.670. The highest BCUT2D eigenvalue weighted by molar-refractivity contribution is 6.36. The first-order chi connectivity index (χ1) is 17.7. The Kier molecular flexibility index (Phi) is 8.52. The molecule has 3 aromatic carbocycles. The van der Waals surface area contributed by atoms with Crippen molar-refractivity contribution < 1.29 is 14.4 Å². The number of hydrogen-bond acceptors (Lipinski definition) is 3. The number of piperazine rings is 1. The van der Waals surface area contributed by atoms with E-state index in [0.29, 0.717) is 47.2 Å². The molecule has 0 bridgehead atoms. The van der Waals surface area contributed by atoms with E-state index < -0.39 is 6.04 Å². The molecule has 37 heavy (non-hydrogen) atoms. The van der Waals surface area contributed by atoms with Crippen LogP contribution in [0.5, 0.6) is 0 Å². The maximum absolute atomic E-state index is 13.7. The Morgan fingerprint density at radius 1 is 0.973 bits per heavy atom. The zero-order valence-corrected chi connectivity index (χ0v) is 22.3. The summed E-state index contributed by atoms with van der Waals surface area (Å²) >= 11 is 12.2. The van der Waals surface area contributed by atoms with Gasteiger partial charge in [-0.2, -0.15) is 0 Å². The minimum absolute atomic E-state index is 0.173. The molecule has 1 N–H and O–H groups in total. The summed E-state index contributed by atoms with van der Waals surface area (Å²) in [5, 5.41) is 3.70. The van der Waals surface area contributed by atoms with Gasteiger partial charge in [-0.3, -0.25) is 14.4 Å². The van der Waals surface area contributed by atoms with Crippen LogP contribution < -0.4 is 5.32 Å². The first-order valence-electron chi connectivity index (χ1n) is 12.2. The van der Waals surface area contributed by atoms with Crippen LogP contribution in [0.3, 0.4) is 0 Å². The summed E-state index contributed by atoms with van der Waals surface area (Å²) < 4.78 is 0. The van der Waals surface area contributed by atoms with Gasteiger partial charge in [-0.15, -0.1) is 0 Å². The topological polar surface area (TPSA) is 69.7 Å². The van der Waals surface area contributed by atoms with Crippen LogP contribution in [0.15, 0.2) is 72.8 Å². The molecule has 0 saturated carbocycles. The molecule has 1 heterocycles. The lowest BCUT2D eigenvalue weighted by Crippen LogP contribution is -2.59. The molecule has 1 saturated heterocycles. The normalized spacial score (nSPS) is 16.3. The SMILES string of the molecule is Cc1ccc(C(=O)N[C@@H](Cc2ccccc2)C(=O)N2CCN(C(=O)c3ccc(Cl)cc3Cl)[C@@H](C)C2)cc1. The van der Waals surface area contributed by atoms with E-state index in [1.54, 1.807) is 40.1 Å². The molecular weight excluding hydrogens is 509 g/mol. The molecule has 1 aliphatic heterocycles. The van der Waals surface area contributed by atoms with E-state index in [1.807, 2.05) is 56.3 Å². The Balaban J connectivity index is 1.48. The third kappa shape index (κ3) is 6.51. The minimum atomic E-state index is -0.739. The molecule has 0 spiro atoms. The highest BCUT2D eigenvalue weighted by Crippen LogP contribution is 2.24. The number of halogens is 2. The maximum Gasteiger partial charge on any atom is 0.255 e. The Bertz CT molecular complexity index is 1280. The van der Waals surface area contributed by atoms with E-state index in [4.69, 9.17) is 23.2 Å². The number of benzene rings is 3. The summed E-state index contributed by atoms with van der Waals surface area (Å²) in [5.41, 5.74) is 2.88. The van der Waals surface area contributed by atoms with Gasteiger partial charge in [0.1, 0.15) is 6.04 Å². The van der Waals surface area contributed by atoms with Gasteiger partial charge in [0.05, 0.1) is 10.6 Å². The van der Waals surface area contributed by atoms with Crippen molar-refractivity contribution in [3.8, 4) is 0 Å². The molecular formula is C29H29Cl2N3O3. The predicted octanol–water partition coefficient (Wildman–Crippen LogP) is 5.02. The van der Waals surface area contributed by atoms with Crippen molar-refractivity contribution >= 4 is 40.9 Å². The first kappa shape index (κ1) is 26.7. The second-order valence-corrected chi connectivity index (χ2v) is 10.2. The number of carbonyl (C=O) groups excluding carboxylic acids is 3. The van der Waals surface area contributed by atoms with Crippen LogP contribution in [0, 0.1) is 6.92 Å². The minimum Gasteiger partial charge on any atom is -0.340 e. The number of rotatable bonds is 6. The molecule has 8 heteroatoms. The first-order valence-corrected chi connectivity index (χ1v) is 12.9. The fourth-order valence-electron chi connectivity index (χ4n) is 4.49. The van der Waals surface area contributed by atoms with E-state index in [0.717, 1.165) is 11.1 Å². The lowest BCUT2D eigenvalue weighted by Gasteiger charge is -2.41. The van der Waals surface area contributed by atoms with E-state index in [1.165, 1.54) is 0 Å². The van der Waals surface area contributed by atoms with Crippen molar-refractivity contribution in [1.82, 2.24) is 15.1 Å². The number of nitrogens with zero attached hydrogens (tertiary/aromatic N) is 2. The molecule has 192 valence electrons. The van der Waals surface area contributed by atoms with Crippen molar-refractivity contribution in [3.05, 3.63) is 105 Å². The van der Waals surface area contributed by atoms with E-state index >= 15 is 0 Å². The summed E-state index contributed by atoms with van der Waals surface area (Å²) in [7, 11) is 0. The molecule has 1 aliphatic rings. The number of nitrogens with one attached hydrogen (secondary N) is 1. The predicted molar refractivity (Wildman–Crippen MR) is 146 cm³/mol. The molecule has 3 amide bonds. The van der Waals surface area contributed by atoms with Gasteiger partial charge in [0.15, 0.2) is 0 Å². The third-order valence-corrected chi connectivity index (χ3v) is 7.11. The smallest absolute Gasteiger partial charge is 0.255 e. The van der Waals surface area contributed by atoms with Crippen LogP contribution in [0.4, 0.5) is 0 Å². The van der Waals surface area contributed by atoms with Gasteiger partial charge in [0.2, 0.25) is 5.91 Å². The highest BCUT2D eigenvalue weighted by Gasteiger charge is 2.34. The number of aryl methyl sites for hydroxylation is 1. The quantitative estimate of drug-likeness (QED) is 0.480. The van der Waals surface area contributed by atoms with Crippen molar-refractivity contribution in [3.63, 3.8) is 0 Å².